The molecule has 8 heteroatoms. The number of alkyl halides is 3. The van der Waals surface area contributed by atoms with Gasteiger partial charge in [0, 0.05) is 5.56 Å². The number of hydrogen-bond donors (Lipinski definition) is 0. The van der Waals surface area contributed by atoms with Crippen molar-refractivity contribution in [3.05, 3.63) is 64.7 Å². The van der Waals surface area contributed by atoms with Gasteiger partial charge in [-0.3, -0.25) is 4.28 Å². The first-order valence-corrected chi connectivity index (χ1v) is 8.65. The van der Waals surface area contributed by atoms with Gasteiger partial charge >= 0.3 is 16.3 Å². The Hall–Kier alpha value is -2.35. The molecule has 4 nitrogen and oxygen atoms in total. The van der Waals surface area contributed by atoms with Gasteiger partial charge in [0.1, 0.15) is 4.90 Å². The highest BCUT2D eigenvalue weighted by molar-refractivity contribution is 7.86. The third-order valence-corrected chi connectivity index (χ3v) is 4.81. The lowest BCUT2D eigenvalue weighted by atomic mass is 10.1. The third kappa shape index (κ3) is 4.39. The molecule has 2 aromatic carbocycles. The van der Waals surface area contributed by atoms with Crippen LogP contribution in [0, 0.1) is 20.8 Å². The van der Waals surface area contributed by atoms with Crippen LogP contribution in [0.5, 0.6) is 0 Å². The Morgan fingerprint density at radius 1 is 1.00 bits per heavy atom. The van der Waals surface area contributed by atoms with Gasteiger partial charge in [-0.25, -0.2) is 0 Å². The van der Waals surface area contributed by atoms with E-state index in [1.165, 1.54) is 30.3 Å². The molecule has 0 unspecified atom stereocenters. The van der Waals surface area contributed by atoms with Gasteiger partial charge in [0.15, 0.2) is 5.71 Å². The van der Waals surface area contributed by atoms with Gasteiger partial charge < -0.3 is 0 Å². The maximum absolute atomic E-state index is 13.2. The average molecular weight is 371 g/mol. The first-order chi connectivity index (χ1) is 11.5. The predicted octanol–water partition coefficient (Wildman–Crippen LogP) is 4.28. The fraction of sp³-hybridized carbons (Fsp3) is 0.235. The molecule has 0 aliphatic carbocycles. The van der Waals surface area contributed by atoms with Crippen LogP contribution in [0.15, 0.2) is 52.5 Å². The van der Waals surface area contributed by atoms with Crippen LogP contribution in [0.3, 0.4) is 0 Å². The van der Waals surface area contributed by atoms with Crippen LogP contribution in [0.25, 0.3) is 0 Å². The third-order valence-electron chi connectivity index (χ3n) is 3.40. The van der Waals surface area contributed by atoms with Gasteiger partial charge in [-0.2, -0.15) is 21.6 Å². The Kier molecular flexibility index (Phi) is 5.22. The molecule has 0 aliphatic rings. The molecule has 134 valence electrons. The second kappa shape index (κ2) is 6.87. The number of aryl methyl sites for hydroxylation is 3. The van der Waals surface area contributed by atoms with Crippen molar-refractivity contribution in [2.45, 2.75) is 31.8 Å². The maximum atomic E-state index is 13.2. The van der Waals surface area contributed by atoms with Crippen molar-refractivity contribution in [1.29, 1.82) is 0 Å². The molecule has 0 fully saturated rings. The minimum Gasteiger partial charge on any atom is -0.264 e. The number of nitrogens with zero attached hydrogens (tertiary/aromatic N) is 1. The Morgan fingerprint density at radius 3 is 2.00 bits per heavy atom. The predicted molar refractivity (Wildman–Crippen MR) is 88.0 cm³/mol. The standard InChI is InChI=1S/C17H16F3NO3S/c1-11-9-12(2)15(13(3)10-11)25(22,23)24-21-16(17(18,19)20)14-7-5-4-6-8-14/h4-10H,1-3H3/b21-16-. The van der Waals surface area contributed by atoms with E-state index in [9.17, 15) is 21.6 Å². The van der Waals surface area contributed by atoms with Crippen molar-refractivity contribution in [2.75, 3.05) is 0 Å². The van der Waals surface area contributed by atoms with E-state index < -0.39 is 22.0 Å². The highest BCUT2D eigenvalue weighted by Gasteiger charge is 2.38. The van der Waals surface area contributed by atoms with E-state index in [0.717, 1.165) is 5.56 Å². The monoisotopic (exact) mass is 371 g/mol. The molecule has 0 saturated heterocycles. The first kappa shape index (κ1) is 19.0. The molecule has 0 radical (unpaired) electrons. The van der Waals surface area contributed by atoms with Crippen LogP contribution < -0.4 is 0 Å². The Labute approximate surface area is 144 Å². The Morgan fingerprint density at radius 2 is 1.52 bits per heavy atom. The number of rotatable bonds is 4. The van der Waals surface area contributed by atoms with Crippen molar-refractivity contribution in [1.82, 2.24) is 0 Å². The lowest BCUT2D eigenvalue weighted by molar-refractivity contribution is -0.0596. The van der Waals surface area contributed by atoms with Gasteiger partial charge in [-0.05, 0) is 31.9 Å². The first-order valence-electron chi connectivity index (χ1n) is 7.24. The number of benzene rings is 2. The van der Waals surface area contributed by atoms with Crippen LogP contribution in [-0.2, 0) is 14.4 Å². The molecule has 0 aromatic heterocycles. The minimum atomic E-state index is -4.87. The van der Waals surface area contributed by atoms with E-state index in [1.807, 2.05) is 0 Å². The van der Waals surface area contributed by atoms with E-state index in [2.05, 4.69) is 9.44 Å². The summed E-state index contributed by atoms with van der Waals surface area (Å²) in [6.45, 7) is 4.87. The molecule has 0 atom stereocenters. The summed E-state index contributed by atoms with van der Waals surface area (Å²) in [5.74, 6) is 0. The lowest BCUT2D eigenvalue weighted by Crippen LogP contribution is -2.25. The SMILES string of the molecule is Cc1cc(C)c(S(=O)(=O)O/N=C(/c2ccccc2)C(F)(F)F)c(C)c1. The largest absolute Gasteiger partial charge is 0.437 e. The smallest absolute Gasteiger partial charge is 0.264 e. The summed E-state index contributed by atoms with van der Waals surface area (Å²) in [6, 6.07) is 9.87. The van der Waals surface area contributed by atoms with Gasteiger partial charge in [-0.15, -0.1) is 0 Å². The van der Waals surface area contributed by atoms with Crippen LogP contribution in [0.1, 0.15) is 22.3 Å². The Bertz CT molecular complexity index is 881. The normalized spacial score (nSPS) is 13.0. The van der Waals surface area contributed by atoms with Crippen LogP contribution in [0.2, 0.25) is 0 Å². The molecule has 25 heavy (non-hydrogen) atoms. The highest BCUT2D eigenvalue weighted by Crippen LogP contribution is 2.26. The molecule has 2 aromatic rings. The fourth-order valence-corrected chi connectivity index (χ4v) is 3.70. The zero-order chi connectivity index (χ0) is 18.8. The quantitative estimate of drug-likeness (QED) is 0.595. The number of halogens is 3. The summed E-state index contributed by atoms with van der Waals surface area (Å²) in [4.78, 5) is -0.184. The summed E-state index contributed by atoms with van der Waals surface area (Å²) >= 11 is 0. The molecule has 0 aliphatic heterocycles. The minimum absolute atomic E-state index is 0.184. The molecule has 2 rings (SSSR count). The van der Waals surface area contributed by atoms with Gasteiger partial charge in [-0.1, -0.05) is 53.2 Å². The molecule has 0 amide bonds. The zero-order valence-corrected chi connectivity index (χ0v) is 14.6. The molecular weight excluding hydrogens is 355 g/mol. The highest BCUT2D eigenvalue weighted by atomic mass is 32.2. The van der Waals surface area contributed by atoms with Crippen molar-refractivity contribution < 1.29 is 25.9 Å². The summed E-state index contributed by atoms with van der Waals surface area (Å²) in [5, 5.41) is 2.92. The average Bonchev–Trinajstić information content (AvgIpc) is 2.45. The second-order valence-corrected chi connectivity index (χ2v) is 7.03. The van der Waals surface area contributed by atoms with Crippen molar-refractivity contribution in [2.24, 2.45) is 5.16 Å². The van der Waals surface area contributed by atoms with Crippen molar-refractivity contribution in [3.8, 4) is 0 Å². The molecule has 0 saturated carbocycles. The molecule has 0 bridgehead atoms. The summed E-state index contributed by atoms with van der Waals surface area (Å²) in [6.07, 6.45) is -4.87. The zero-order valence-electron chi connectivity index (χ0n) is 13.8. The van der Waals surface area contributed by atoms with Gasteiger partial charge in [0.25, 0.3) is 0 Å². The molecule has 0 heterocycles. The molecule has 0 spiro atoms. The lowest BCUT2D eigenvalue weighted by Gasteiger charge is -2.12. The van der Waals surface area contributed by atoms with E-state index in [4.69, 9.17) is 0 Å². The Balaban J connectivity index is 2.47. The van der Waals surface area contributed by atoms with Crippen molar-refractivity contribution >= 4 is 15.8 Å². The van der Waals surface area contributed by atoms with Crippen LogP contribution in [0.4, 0.5) is 13.2 Å². The van der Waals surface area contributed by atoms with E-state index in [1.54, 1.807) is 32.9 Å². The topological polar surface area (TPSA) is 55.7 Å². The molecular formula is C17H16F3NO3S. The number of oxime groups is 1. The van der Waals surface area contributed by atoms with E-state index >= 15 is 0 Å². The van der Waals surface area contributed by atoms with Crippen LogP contribution >= 0.6 is 0 Å². The van der Waals surface area contributed by atoms with Gasteiger partial charge in [0.05, 0.1) is 0 Å². The summed E-state index contributed by atoms with van der Waals surface area (Å²) in [7, 11) is -4.49. The number of hydrogen-bond acceptors (Lipinski definition) is 4. The van der Waals surface area contributed by atoms with Crippen LogP contribution in [-0.4, -0.2) is 20.3 Å². The summed E-state index contributed by atoms with van der Waals surface area (Å²) < 4.78 is 68.7. The van der Waals surface area contributed by atoms with Gasteiger partial charge in [0.2, 0.25) is 0 Å². The molecule has 0 N–H and O–H groups in total. The fourth-order valence-electron chi connectivity index (χ4n) is 2.55. The van der Waals surface area contributed by atoms with Crippen molar-refractivity contribution in [3.63, 3.8) is 0 Å². The van der Waals surface area contributed by atoms with E-state index in [-0.39, 0.29) is 10.5 Å². The second-order valence-electron chi connectivity index (χ2n) is 5.56. The maximum Gasteiger partial charge on any atom is 0.437 e. The van der Waals surface area contributed by atoms with E-state index in [0.29, 0.717) is 11.1 Å². The summed E-state index contributed by atoms with van der Waals surface area (Å²) in [5.41, 5.74) is -0.124.